The Bertz CT molecular complexity index is 2690. The summed E-state index contributed by atoms with van der Waals surface area (Å²) < 4.78 is 52.2. The molecule has 1 aromatic heterocycles. The number of hydrogen-bond acceptors (Lipinski definition) is 10. The Morgan fingerprint density at radius 3 is 2.20 bits per heavy atom. The van der Waals surface area contributed by atoms with Gasteiger partial charge < -0.3 is 26.0 Å². The molecule has 0 bridgehead atoms. The Labute approximate surface area is 331 Å². The van der Waals surface area contributed by atoms with Gasteiger partial charge in [-0.1, -0.05) is 49.9 Å². The Kier molecular flexibility index (Phi) is 14.0. The van der Waals surface area contributed by atoms with Crippen LogP contribution < -0.4 is 47.1 Å². The summed E-state index contributed by atoms with van der Waals surface area (Å²) in [6.45, 7) is 8.41. The number of methoxy groups -OCH3 is 1. The average molecular weight is 801 g/mol. The number of aromatic nitrogens is 2. The molecule has 0 fully saturated rings. The van der Waals surface area contributed by atoms with Gasteiger partial charge in [0, 0.05) is 40.2 Å². The summed E-state index contributed by atoms with van der Waals surface area (Å²) in [5.41, 5.74) is 7.52. The second-order valence-electron chi connectivity index (χ2n) is 12.2. The van der Waals surface area contributed by atoms with Gasteiger partial charge in [-0.3, -0.25) is 10.4 Å². The first-order chi connectivity index (χ1) is 25.9. The van der Waals surface area contributed by atoms with Crippen molar-refractivity contribution in [3.63, 3.8) is 0 Å². The SMILES string of the molecule is C.CC[N+](CC)=c1ccc2nc3c(cc(C)c4ccccc43)oc-2c1.COC(=O)c1ccccc1-c1c2ccc(=[NH2+])cc-2oc2cnccc12.[Cl-].[O-][Cl+3]([O-])([O-])O. The highest BCUT2D eigenvalue weighted by atomic mass is 35.7. The van der Waals surface area contributed by atoms with E-state index in [1.807, 2.05) is 36.4 Å². The number of benzene rings is 5. The number of aryl methyl sites for hydroxylation is 1. The summed E-state index contributed by atoms with van der Waals surface area (Å²) in [5.74, 6) is 1.08. The minimum atomic E-state index is -4.69. The maximum atomic E-state index is 12.3. The predicted octanol–water partition coefficient (Wildman–Crippen LogP) is -0.232. The first kappa shape index (κ1) is 43.0. The summed E-state index contributed by atoms with van der Waals surface area (Å²) in [4.78, 5) is 21.3. The molecule has 290 valence electrons. The van der Waals surface area contributed by atoms with Crippen molar-refractivity contribution in [2.45, 2.75) is 28.2 Å². The first-order valence-electron chi connectivity index (χ1n) is 16.9. The van der Waals surface area contributed by atoms with Crippen molar-refractivity contribution >= 4 is 38.8 Å². The van der Waals surface area contributed by atoms with Gasteiger partial charge in [0.15, 0.2) is 22.3 Å². The molecule has 4 aromatic rings. The first-order valence-corrected chi connectivity index (χ1v) is 18.2. The second kappa shape index (κ2) is 18.3. The standard InChI is InChI=1S/C21H21N2O.C20H14N2O3.CH4.ClHO4.ClH/c1-4-23(5-2)15-10-11-18-19(13-15)24-20-12-14(3)16-8-6-7-9-17(16)21(20)22-18;1-24-20(23)14-5-3-2-4-13(14)19-15-7-6-12(21)10-17(15)25-18-11-22-9-8-16(18)19;;2-1(3,4)5;/h6-13H,4-5H2,1-3H3;2-11,21H,1H3;1H4;(H,2,3,4,5);1H/q+1;;;;. The number of nitrogens with two attached hydrogens (primary N) is 1. The van der Waals surface area contributed by atoms with E-state index in [2.05, 4.69) is 78.9 Å². The van der Waals surface area contributed by atoms with E-state index in [0.29, 0.717) is 22.3 Å². The molecule has 0 saturated carbocycles. The molecule has 14 heteroatoms. The number of carbonyl (C=O) groups is 1. The van der Waals surface area contributed by atoms with Gasteiger partial charge in [-0.05, 0) is 67.6 Å². The zero-order chi connectivity index (χ0) is 38.6. The average Bonchev–Trinajstić information content (AvgIpc) is 3.16. The lowest BCUT2D eigenvalue weighted by Crippen LogP contribution is -3.00. The lowest BCUT2D eigenvalue weighted by atomic mass is 9.91. The third-order valence-corrected chi connectivity index (χ3v) is 8.86. The van der Waals surface area contributed by atoms with Crippen LogP contribution in [-0.4, -0.2) is 40.8 Å². The molecule has 3 N–H and O–H groups in total. The van der Waals surface area contributed by atoms with Gasteiger partial charge in [-0.15, -0.1) is 0 Å². The van der Waals surface area contributed by atoms with Crippen molar-refractivity contribution in [3.05, 3.63) is 131 Å². The van der Waals surface area contributed by atoms with Crippen LogP contribution >= 0.6 is 0 Å². The number of hydrogen-bond donors (Lipinski definition) is 2. The van der Waals surface area contributed by atoms with E-state index in [0.717, 1.165) is 63.1 Å². The monoisotopic (exact) mass is 799 g/mol. The summed E-state index contributed by atoms with van der Waals surface area (Å²) in [6.07, 6.45) is 3.35. The molecule has 0 radical (unpaired) electrons. The van der Waals surface area contributed by atoms with Crippen LogP contribution in [0, 0.1) is 17.2 Å². The van der Waals surface area contributed by atoms with Gasteiger partial charge in [0.05, 0.1) is 45.9 Å². The molecule has 3 heterocycles. The smallest absolute Gasteiger partial charge is 0.338 e. The number of halogens is 2. The zero-order valence-corrected chi connectivity index (χ0v) is 31.8. The molecule has 0 atom stereocenters. The number of fused-ring (bicyclic) bond motifs is 6. The molecule has 2 aliphatic carbocycles. The highest BCUT2D eigenvalue weighted by Gasteiger charge is 2.22. The van der Waals surface area contributed by atoms with Gasteiger partial charge in [0.1, 0.15) is 30.1 Å². The van der Waals surface area contributed by atoms with Crippen molar-refractivity contribution in [2.24, 2.45) is 0 Å². The Morgan fingerprint density at radius 1 is 0.839 bits per heavy atom. The molecule has 0 unspecified atom stereocenters. The maximum absolute atomic E-state index is 12.3. The largest absolute Gasteiger partial charge is 1.00 e. The summed E-state index contributed by atoms with van der Waals surface area (Å²) >= 11 is 0. The van der Waals surface area contributed by atoms with E-state index < -0.39 is 10.2 Å². The van der Waals surface area contributed by atoms with Gasteiger partial charge in [0.25, 0.3) is 0 Å². The van der Waals surface area contributed by atoms with Gasteiger partial charge >= 0.3 is 5.97 Å². The molecule has 8 rings (SSSR count). The number of carbonyl (C=O) groups excluding carboxylic acids is 1. The Morgan fingerprint density at radius 2 is 1.50 bits per heavy atom. The van der Waals surface area contributed by atoms with E-state index in [1.54, 1.807) is 24.5 Å². The highest BCUT2D eigenvalue weighted by Crippen LogP contribution is 2.40. The molecule has 4 aliphatic rings. The van der Waals surface area contributed by atoms with Crippen LogP contribution in [0.25, 0.3) is 66.7 Å². The molecule has 0 spiro atoms. The minimum Gasteiger partial charge on any atom is -1.00 e. The van der Waals surface area contributed by atoms with Crippen LogP contribution in [0.3, 0.4) is 0 Å². The quantitative estimate of drug-likeness (QED) is 0.104. The summed E-state index contributed by atoms with van der Waals surface area (Å²) in [7, 11) is -3.32. The second-order valence-corrected chi connectivity index (χ2v) is 13.0. The third-order valence-electron chi connectivity index (χ3n) is 8.86. The van der Waals surface area contributed by atoms with Crippen LogP contribution in [-0.2, 0) is 4.74 Å². The zero-order valence-electron chi connectivity index (χ0n) is 30.3. The molecule has 0 saturated heterocycles. The normalized spacial score (nSPS) is 10.9. The van der Waals surface area contributed by atoms with Crippen molar-refractivity contribution in [3.8, 4) is 33.9 Å². The number of pyridine rings is 1. The van der Waals surface area contributed by atoms with Crippen molar-refractivity contribution in [1.29, 1.82) is 0 Å². The van der Waals surface area contributed by atoms with Crippen molar-refractivity contribution in [1.82, 2.24) is 14.5 Å². The lowest BCUT2D eigenvalue weighted by Gasteiger charge is -2.16. The lowest BCUT2D eigenvalue weighted by molar-refractivity contribution is -1.92. The van der Waals surface area contributed by atoms with E-state index in [1.165, 1.54) is 23.4 Å². The van der Waals surface area contributed by atoms with E-state index in [9.17, 15) is 4.79 Å². The minimum absolute atomic E-state index is 0. The number of nitrogens with zero attached hydrogens (tertiary/aromatic N) is 3. The molecule has 56 heavy (non-hydrogen) atoms. The fourth-order valence-corrected chi connectivity index (χ4v) is 6.44. The summed E-state index contributed by atoms with van der Waals surface area (Å²) in [6, 6.07) is 31.5. The molecule has 2 aliphatic heterocycles. The van der Waals surface area contributed by atoms with Gasteiger partial charge in [-0.25, -0.2) is 14.4 Å². The number of ether oxygens (including phenoxy) is 1. The molecule has 0 amide bonds. The van der Waals surface area contributed by atoms with Crippen LogP contribution in [0.2, 0.25) is 0 Å². The Balaban J connectivity index is 0.000000215. The highest BCUT2D eigenvalue weighted by molar-refractivity contribution is 6.08. The maximum Gasteiger partial charge on any atom is 0.338 e. The Hall–Kier alpha value is -5.73. The molecule has 3 aromatic carbocycles. The fraction of sp³-hybridized carbons (Fsp3) is 0.167. The van der Waals surface area contributed by atoms with E-state index >= 15 is 0 Å². The predicted molar refractivity (Wildman–Crippen MR) is 201 cm³/mol. The third kappa shape index (κ3) is 9.37. The number of rotatable bonds is 4. The molecule has 12 nitrogen and oxygen atoms in total. The van der Waals surface area contributed by atoms with Crippen molar-refractivity contribution < 1.29 is 65.1 Å². The van der Waals surface area contributed by atoms with Crippen LogP contribution in [0.1, 0.15) is 37.2 Å². The fourth-order valence-electron chi connectivity index (χ4n) is 6.44. The van der Waals surface area contributed by atoms with Gasteiger partial charge in [0.2, 0.25) is 5.36 Å². The van der Waals surface area contributed by atoms with Gasteiger partial charge in [-0.2, -0.15) is 14.0 Å². The molecular formula is C42H41Cl2N4O8+. The molecular weight excluding hydrogens is 759 g/mol. The summed E-state index contributed by atoms with van der Waals surface area (Å²) in [5, 5.41) is 10.9. The van der Waals surface area contributed by atoms with Crippen LogP contribution in [0.4, 0.5) is 0 Å². The topological polar surface area (TPSA) is 196 Å². The van der Waals surface area contributed by atoms with Crippen molar-refractivity contribution in [2.75, 3.05) is 20.2 Å². The van der Waals surface area contributed by atoms with E-state index in [4.69, 9.17) is 42.6 Å². The number of esters is 1. The van der Waals surface area contributed by atoms with E-state index in [-0.39, 0.29) is 25.8 Å². The van der Waals surface area contributed by atoms with Crippen LogP contribution in [0.15, 0.2) is 118 Å². The van der Waals surface area contributed by atoms with Crippen LogP contribution in [0.5, 0.6) is 0 Å².